The number of phenolic OH excluding ortho intramolecular Hbond substituents is 2. The van der Waals surface area contributed by atoms with Crippen molar-refractivity contribution in [1.29, 1.82) is 0 Å². The standard InChI is InChI=1S/C28H32N2O4/c1-5-17(3)21-12-8-14-23(31)25(21)27(33)29-19-10-7-11-20(16-19)30-28(34)26-22(18(4)6-2)13-9-15-24(26)32/h7-18,31-32H,5-6H2,1-4H3,(H,29,33)(H,30,34). The van der Waals surface area contributed by atoms with Crippen LogP contribution < -0.4 is 10.6 Å². The van der Waals surface area contributed by atoms with Crippen molar-refractivity contribution in [3.63, 3.8) is 0 Å². The van der Waals surface area contributed by atoms with E-state index in [1.165, 1.54) is 12.1 Å². The quantitative estimate of drug-likeness (QED) is 0.303. The molecule has 0 aliphatic heterocycles. The topological polar surface area (TPSA) is 98.7 Å². The summed E-state index contributed by atoms with van der Waals surface area (Å²) in [4.78, 5) is 26.1. The van der Waals surface area contributed by atoms with Gasteiger partial charge in [0, 0.05) is 11.4 Å². The molecule has 3 rings (SSSR count). The van der Waals surface area contributed by atoms with E-state index in [2.05, 4.69) is 10.6 Å². The first kappa shape index (κ1) is 24.8. The predicted octanol–water partition coefficient (Wildman–Crippen LogP) is 6.63. The number of benzene rings is 3. The van der Waals surface area contributed by atoms with Crippen molar-refractivity contribution in [3.8, 4) is 11.5 Å². The molecule has 0 aliphatic carbocycles. The maximum Gasteiger partial charge on any atom is 0.259 e. The number of hydrogen-bond acceptors (Lipinski definition) is 4. The molecule has 0 fully saturated rings. The Morgan fingerprint density at radius 3 is 1.47 bits per heavy atom. The lowest BCUT2D eigenvalue weighted by Gasteiger charge is -2.17. The second-order valence-corrected chi connectivity index (χ2v) is 8.59. The van der Waals surface area contributed by atoms with Gasteiger partial charge in [-0.1, -0.05) is 58.0 Å². The van der Waals surface area contributed by atoms with Crippen LogP contribution in [0.4, 0.5) is 11.4 Å². The molecule has 0 saturated heterocycles. The molecule has 0 heterocycles. The molecule has 34 heavy (non-hydrogen) atoms. The first-order valence-electron chi connectivity index (χ1n) is 11.6. The fraction of sp³-hybridized carbons (Fsp3) is 0.286. The lowest BCUT2D eigenvalue weighted by atomic mass is 9.92. The third-order valence-electron chi connectivity index (χ3n) is 6.27. The molecule has 0 saturated carbocycles. The van der Waals surface area contributed by atoms with Gasteiger partial charge in [0.1, 0.15) is 11.5 Å². The summed E-state index contributed by atoms with van der Waals surface area (Å²) >= 11 is 0. The van der Waals surface area contributed by atoms with Crippen molar-refractivity contribution in [2.75, 3.05) is 10.6 Å². The van der Waals surface area contributed by atoms with Gasteiger partial charge in [-0.05, 0) is 66.1 Å². The van der Waals surface area contributed by atoms with Crippen LogP contribution in [-0.4, -0.2) is 22.0 Å². The minimum Gasteiger partial charge on any atom is -0.507 e. The van der Waals surface area contributed by atoms with Crippen LogP contribution in [0, 0.1) is 0 Å². The second-order valence-electron chi connectivity index (χ2n) is 8.59. The zero-order valence-corrected chi connectivity index (χ0v) is 20.1. The number of carbonyl (C=O) groups excluding carboxylic acids is 2. The van der Waals surface area contributed by atoms with E-state index in [0.29, 0.717) is 11.4 Å². The molecule has 2 atom stereocenters. The van der Waals surface area contributed by atoms with Crippen molar-refractivity contribution in [2.45, 2.75) is 52.4 Å². The minimum absolute atomic E-state index is 0.0723. The summed E-state index contributed by atoms with van der Waals surface area (Å²) in [5.74, 6) is -0.768. The molecule has 2 amide bonds. The van der Waals surface area contributed by atoms with Gasteiger partial charge in [0.05, 0.1) is 11.1 Å². The van der Waals surface area contributed by atoms with Gasteiger partial charge in [0.2, 0.25) is 0 Å². The fourth-order valence-corrected chi connectivity index (χ4v) is 3.93. The van der Waals surface area contributed by atoms with Gasteiger partial charge in [-0.2, -0.15) is 0 Å². The molecule has 178 valence electrons. The SMILES string of the molecule is CCC(C)c1cccc(O)c1C(=O)Nc1cccc(NC(=O)c2c(O)cccc2C(C)CC)c1. The number of hydrogen-bond donors (Lipinski definition) is 4. The Bertz CT molecular complexity index is 1100. The first-order valence-corrected chi connectivity index (χ1v) is 11.6. The smallest absolute Gasteiger partial charge is 0.259 e. The van der Waals surface area contributed by atoms with Crippen LogP contribution in [0.5, 0.6) is 11.5 Å². The van der Waals surface area contributed by atoms with Gasteiger partial charge in [0.15, 0.2) is 0 Å². The van der Waals surface area contributed by atoms with Crippen LogP contribution in [0.2, 0.25) is 0 Å². The van der Waals surface area contributed by atoms with E-state index >= 15 is 0 Å². The van der Waals surface area contributed by atoms with E-state index in [1.807, 2.05) is 39.8 Å². The molecule has 4 N–H and O–H groups in total. The molecule has 0 spiro atoms. The zero-order valence-electron chi connectivity index (χ0n) is 20.1. The molecule has 6 nitrogen and oxygen atoms in total. The Hall–Kier alpha value is -3.80. The summed E-state index contributed by atoms with van der Waals surface area (Å²) in [7, 11) is 0. The van der Waals surface area contributed by atoms with Crippen molar-refractivity contribution in [1.82, 2.24) is 0 Å². The van der Waals surface area contributed by atoms with Gasteiger partial charge >= 0.3 is 0 Å². The second kappa shape index (κ2) is 10.9. The molecule has 0 radical (unpaired) electrons. The third kappa shape index (κ3) is 5.39. The van der Waals surface area contributed by atoms with E-state index in [0.717, 1.165) is 24.0 Å². The van der Waals surface area contributed by atoms with E-state index in [9.17, 15) is 19.8 Å². The average Bonchev–Trinajstić information content (AvgIpc) is 2.82. The van der Waals surface area contributed by atoms with Crippen molar-refractivity contribution >= 4 is 23.2 Å². The Kier molecular flexibility index (Phi) is 7.95. The molecule has 3 aromatic rings. The molecular weight excluding hydrogens is 428 g/mol. The van der Waals surface area contributed by atoms with E-state index in [4.69, 9.17) is 0 Å². The Morgan fingerprint density at radius 2 is 1.09 bits per heavy atom. The van der Waals surface area contributed by atoms with Crippen LogP contribution in [0.1, 0.15) is 84.2 Å². The van der Waals surface area contributed by atoms with Crippen LogP contribution in [-0.2, 0) is 0 Å². The van der Waals surface area contributed by atoms with Gasteiger partial charge in [-0.15, -0.1) is 0 Å². The first-order chi connectivity index (χ1) is 16.3. The number of phenols is 2. The number of anilines is 2. The maximum absolute atomic E-state index is 13.0. The normalized spacial score (nSPS) is 12.6. The van der Waals surface area contributed by atoms with E-state index < -0.39 is 11.8 Å². The highest BCUT2D eigenvalue weighted by atomic mass is 16.3. The van der Waals surface area contributed by atoms with Crippen LogP contribution in [0.3, 0.4) is 0 Å². The summed E-state index contributed by atoms with van der Waals surface area (Å²) in [6, 6.07) is 16.9. The number of carbonyl (C=O) groups is 2. The monoisotopic (exact) mass is 460 g/mol. The van der Waals surface area contributed by atoms with Gasteiger partial charge in [0.25, 0.3) is 11.8 Å². The number of amides is 2. The lowest BCUT2D eigenvalue weighted by Crippen LogP contribution is -2.17. The summed E-state index contributed by atoms with van der Waals surface area (Å²) < 4.78 is 0. The van der Waals surface area contributed by atoms with Crippen LogP contribution >= 0.6 is 0 Å². The van der Waals surface area contributed by atoms with Crippen molar-refractivity contribution < 1.29 is 19.8 Å². The zero-order chi connectivity index (χ0) is 24.8. The third-order valence-corrected chi connectivity index (χ3v) is 6.27. The Labute approximate surface area is 200 Å². The number of nitrogens with one attached hydrogen (secondary N) is 2. The predicted molar refractivity (Wildman–Crippen MR) is 136 cm³/mol. The largest absolute Gasteiger partial charge is 0.507 e. The molecule has 2 unspecified atom stereocenters. The highest BCUT2D eigenvalue weighted by Crippen LogP contribution is 2.31. The van der Waals surface area contributed by atoms with Gasteiger partial charge < -0.3 is 20.8 Å². The summed E-state index contributed by atoms with van der Waals surface area (Å²) in [5, 5.41) is 26.4. The molecular formula is C28H32N2O4. The maximum atomic E-state index is 13.0. The summed E-state index contributed by atoms with van der Waals surface area (Å²) in [5.41, 5.74) is 3.00. The fourth-order valence-electron chi connectivity index (χ4n) is 3.93. The molecule has 0 bridgehead atoms. The summed E-state index contributed by atoms with van der Waals surface area (Å²) in [6.07, 6.45) is 1.66. The highest BCUT2D eigenvalue weighted by Gasteiger charge is 2.21. The van der Waals surface area contributed by atoms with E-state index in [-0.39, 0.29) is 34.5 Å². The van der Waals surface area contributed by atoms with Crippen LogP contribution in [0.15, 0.2) is 60.7 Å². The van der Waals surface area contributed by atoms with E-state index in [1.54, 1.807) is 36.4 Å². The molecule has 0 aliphatic rings. The molecule has 3 aromatic carbocycles. The molecule has 0 aromatic heterocycles. The van der Waals surface area contributed by atoms with Crippen molar-refractivity contribution in [2.24, 2.45) is 0 Å². The average molecular weight is 461 g/mol. The van der Waals surface area contributed by atoms with Crippen molar-refractivity contribution in [3.05, 3.63) is 82.9 Å². The highest BCUT2D eigenvalue weighted by molar-refractivity contribution is 6.09. The number of aromatic hydroxyl groups is 2. The minimum atomic E-state index is -0.420. The Morgan fingerprint density at radius 1 is 0.706 bits per heavy atom. The number of rotatable bonds is 8. The molecule has 6 heteroatoms. The van der Waals surface area contributed by atoms with Crippen LogP contribution in [0.25, 0.3) is 0 Å². The Balaban J connectivity index is 1.84. The van der Waals surface area contributed by atoms with Gasteiger partial charge in [-0.3, -0.25) is 9.59 Å². The lowest BCUT2D eigenvalue weighted by molar-refractivity contribution is 0.101. The van der Waals surface area contributed by atoms with Gasteiger partial charge in [-0.25, -0.2) is 0 Å². The summed E-state index contributed by atoms with van der Waals surface area (Å²) in [6.45, 7) is 8.07.